The van der Waals surface area contributed by atoms with Gasteiger partial charge in [0.05, 0.1) is 29.2 Å². The largest absolute Gasteiger partial charge is 0.465 e. The normalized spacial score (nSPS) is 19.3. The molecule has 1 amide bonds. The molecule has 6 nitrogen and oxygen atoms in total. The topological polar surface area (TPSA) is 67.9 Å². The van der Waals surface area contributed by atoms with Crippen LogP contribution in [0.15, 0.2) is 3.79 Å². The molecule has 3 rings (SSSR count). The summed E-state index contributed by atoms with van der Waals surface area (Å²) in [5.74, 6) is -3.30. The SMILES string of the molecule is COC(=O)c1sc(Br)c2c1N(CC(NC(=O)OC(C)(C)C)C1CC1)CC(F)(F)C2. The third kappa shape index (κ3) is 5.39. The van der Waals surface area contributed by atoms with Gasteiger partial charge in [-0.25, -0.2) is 18.4 Å². The first-order valence-corrected chi connectivity index (χ1v) is 11.0. The maximum absolute atomic E-state index is 14.5. The molecule has 0 saturated heterocycles. The first-order valence-electron chi connectivity index (χ1n) is 9.42. The van der Waals surface area contributed by atoms with E-state index in [4.69, 9.17) is 9.47 Å². The number of nitrogens with zero attached hydrogens (tertiary/aromatic N) is 1. The number of hydrogen-bond donors (Lipinski definition) is 1. The van der Waals surface area contributed by atoms with Crippen molar-refractivity contribution in [3.63, 3.8) is 0 Å². The van der Waals surface area contributed by atoms with Gasteiger partial charge in [0.25, 0.3) is 5.92 Å². The summed E-state index contributed by atoms with van der Waals surface area (Å²) in [7, 11) is 1.27. The molecule has 2 aliphatic rings. The minimum Gasteiger partial charge on any atom is -0.465 e. The summed E-state index contributed by atoms with van der Waals surface area (Å²) in [5.41, 5.74) is 0.217. The van der Waals surface area contributed by atoms with Crippen molar-refractivity contribution >= 4 is 45.0 Å². The van der Waals surface area contributed by atoms with Crippen LogP contribution >= 0.6 is 27.3 Å². The van der Waals surface area contributed by atoms with Gasteiger partial charge in [-0.2, -0.15) is 0 Å². The van der Waals surface area contributed by atoms with E-state index in [0.29, 0.717) is 15.0 Å². The summed E-state index contributed by atoms with van der Waals surface area (Å²) in [6.07, 6.45) is 0.808. The van der Waals surface area contributed by atoms with Crippen LogP contribution in [0.3, 0.4) is 0 Å². The molecule has 1 saturated carbocycles. The smallest absolute Gasteiger partial charge is 0.407 e. The van der Waals surface area contributed by atoms with Crippen LogP contribution in [0.5, 0.6) is 0 Å². The van der Waals surface area contributed by atoms with E-state index in [2.05, 4.69) is 21.2 Å². The molecule has 10 heteroatoms. The first kappa shape index (κ1) is 22.3. The highest BCUT2D eigenvalue weighted by molar-refractivity contribution is 9.11. The number of amides is 1. The van der Waals surface area contributed by atoms with Gasteiger partial charge in [-0.1, -0.05) is 0 Å². The summed E-state index contributed by atoms with van der Waals surface area (Å²) in [5, 5.41) is 2.84. The number of esters is 1. The van der Waals surface area contributed by atoms with Crippen LogP contribution in [0.4, 0.5) is 19.3 Å². The van der Waals surface area contributed by atoms with Crippen LogP contribution in [0.1, 0.15) is 48.8 Å². The van der Waals surface area contributed by atoms with Gasteiger partial charge in [-0.05, 0) is 55.5 Å². The van der Waals surface area contributed by atoms with Crippen molar-refractivity contribution in [1.82, 2.24) is 5.32 Å². The van der Waals surface area contributed by atoms with E-state index in [1.54, 1.807) is 20.8 Å². The maximum Gasteiger partial charge on any atom is 0.407 e. The summed E-state index contributed by atoms with van der Waals surface area (Å²) >= 11 is 4.42. The average Bonchev–Trinajstić information content (AvgIpc) is 3.36. The van der Waals surface area contributed by atoms with Crippen molar-refractivity contribution in [2.45, 2.75) is 57.6 Å². The molecule has 0 spiro atoms. The molecular formula is C19H25BrF2N2O4S. The summed E-state index contributed by atoms with van der Waals surface area (Å²) < 4.78 is 39.6. The van der Waals surface area contributed by atoms with Gasteiger partial charge < -0.3 is 19.7 Å². The second-order valence-electron chi connectivity index (χ2n) is 8.53. The molecule has 1 aromatic heterocycles. The quantitative estimate of drug-likeness (QED) is 0.605. The third-order valence-electron chi connectivity index (χ3n) is 4.78. The Morgan fingerprint density at radius 2 is 2.03 bits per heavy atom. The summed E-state index contributed by atoms with van der Waals surface area (Å²) in [6.45, 7) is 4.94. The number of ether oxygens (including phenoxy) is 2. The lowest BCUT2D eigenvalue weighted by molar-refractivity contribution is 0.00464. The summed E-state index contributed by atoms with van der Waals surface area (Å²) in [6, 6.07) is -0.351. The predicted molar refractivity (Wildman–Crippen MR) is 110 cm³/mol. The molecule has 1 aliphatic heterocycles. The van der Waals surface area contributed by atoms with Gasteiger partial charge in [0.2, 0.25) is 0 Å². The number of halogens is 3. The monoisotopic (exact) mass is 494 g/mol. The Kier molecular flexibility index (Phi) is 6.16. The van der Waals surface area contributed by atoms with Gasteiger partial charge in [0.1, 0.15) is 10.5 Å². The van der Waals surface area contributed by atoms with Crippen molar-refractivity contribution < 1.29 is 27.8 Å². The highest BCUT2D eigenvalue weighted by Crippen LogP contribution is 2.47. The van der Waals surface area contributed by atoms with Crippen molar-refractivity contribution in [2.24, 2.45) is 5.92 Å². The van der Waals surface area contributed by atoms with Gasteiger partial charge in [-0.15, -0.1) is 11.3 Å². The first-order chi connectivity index (χ1) is 13.4. The van der Waals surface area contributed by atoms with Crippen LogP contribution in [-0.2, 0) is 15.9 Å². The molecule has 1 atom stereocenters. The standard InChI is InChI=1S/C19H25BrF2N2O4S/c1-18(2,3)28-17(26)23-12(10-5-6-10)8-24-9-19(21,22)7-11-13(24)14(16(25)27-4)29-15(11)20/h10,12H,5-9H2,1-4H3,(H,23,26). The molecule has 1 fully saturated rings. The van der Waals surface area contributed by atoms with E-state index >= 15 is 0 Å². The molecule has 1 aliphatic carbocycles. The zero-order valence-corrected chi connectivity index (χ0v) is 19.2. The van der Waals surface area contributed by atoms with E-state index in [1.165, 1.54) is 12.0 Å². The predicted octanol–water partition coefficient (Wildman–Crippen LogP) is 4.60. The average molecular weight is 495 g/mol. The number of nitrogens with one attached hydrogen (secondary N) is 1. The number of carbonyl (C=O) groups is 2. The number of carbonyl (C=O) groups excluding carboxylic acids is 2. The highest BCUT2D eigenvalue weighted by atomic mass is 79.9. The van der Waals surface area contributed by atoms with Gasteiger partial charge >= 0.3 is 12.1 Å². The molecule has 29 heavy (non-hydrogen) atoms. The molecule has 2 heterocycles. The van der Waals surface area contributed by atoms with Crippen molar-refractivity contribution in [3.8, 4) is 0 Å². The van der Waals surface area contributed by atoms with Crippen molar-refractivity contribution in [3.05, 3.63) is 14.2 Å². The highest BCUT2D eigenvalue weighted by Gasteiger charge is 2.45. The van der Waals surface area contributed by atoms with E-state index in [1.807, 2.05) is 0 Å². The number of hydrogen-bond acceptors (Lipinski definition) is 6. The number of fused-ring (bicyclic) bond motifs is 1. The van der Waals surface area contributed by atoms with Gasteiger partial charge in [0, 0.05) is 18.5 Å². The van der Waals surface area contributed by atoms with E-state index in [0.717, 1.165) is 24.2 Å². The van der Waals surface area contributed by atoms with Crippen LogP contribution in [0.25, 0.3) is 0 Å². The molecule has 1 aromatic rings. The van der Waals surface area contributed by atoms with Crippen LogP contribution in [0.2, 0.25) is 0 Å². The Morgan fingerprint density at radius 3 is 2.59 bits per heavy atom. The zero-order valence-electron chi connectivity index (χ0n) is 16.8. The second-order valence-corrected chi connectivity index (χ2v) is 10.9. The minimum atomic E-state index is -2.94. The van der Waals surface area contributed by atoms with Crippen LogP contribution < -0.4 is 10.2 Å². The zero-order chi connectivity index (χ0) is 21.6. The fraction of sp³-hybridized carbons (Fsp3) is 0.684. The molecule has 162 valence electrons. The van der Waals surface area contributed by atoms with Crippen molar-refractivity contribution in [1.29, 1.82) is 0 Å². The Morgan fingerprint density at radius 1 is 1.38 bits per heavy atom. The Labute approximate surface area is 181 Å². The molecule has 0 bridgehead atoms. The number of methoxy groups -OCH3 is 1. The Balaban J connectivity index is 1.87. The van der Waals surface area contributed by atoms with E-state index < -0.39 is 36.6 Å². The number of alkyl halides is 2. The maximum atomic E-state index is 14.5. The number of thiophene rings is 1. The Bertz CT molecular complexity index is 805. The third-order valence-corrected chi connectivity index (χ3v) is 6.74. The number of anilines is 1. The minimum absolute atomic E-state index is 0.166. The fourth-order valence-corrected chi connectivity index (χ4v) is 5.29. The number of rotatable bonds is 5. The van der Waals surface area contributed by atoms with E-state index in [-0.39, 0.29) is 23.4 Å². The fourth-order valence-electron chi connectivity index (χ4n) is 3.48. The summed E-state index contributed by atoms with van der Waals surface area (Å²) in [4.78, 5) is 26.3. The van der Waals surface area contributed by atoms with Crippen LogP contribution in [-0.4, -0.2) is 49.8 Å². The van der Waals surface area contributed by atoms with Gasteiger partial charge in [-0.3, -0.25) is 0 Å². The molecule has 0 radical (unpaired) electrons. The lowest BCUT2D eigenvalue weighted by Crippen LogP contribution is -2.51. The van der Waals surface area contributed by atoms with Crippen LogP contribution in [0, 0.1) is 5.92 Å². The Hall–Kier alpha value is -1.42. The van der Waals surface area contributed by atoms with Crippen molar-refractivity contribution in [2.75, 3.05) is 25.1 Å². The lowest BCUT2D eigenvalue weighted by Gasteiger charge is -2.37. The lowest BCUT2D eigenvalue weighted by atomic mass is 10.00. The van der Waals surface area contributed by atoms with Gasteiger partial charge in [0.15, 0.2) is 0 Å². The molecular weight excluding hydrogens is 470 g/mol. The van der Waals surface area contributed by atoms with E-state index in [9.17, 15) is 18.4 Å². The molecule has 1 unspecified atom stereocenters. The molecule has 0 aromatic carbocycles. The second kappa shape index (κ2) is 8.02. The molecule has 1 N–H and O–H groups in total. The number of alkyl carbamates (subject to hydrolysis) is 1.